The van der Waals surface area contributed by atoms with Gasteiger partial charge in [0.05, 0.1) is 24.9 Å². The number of carbonyl (C=O) groups excluding carboxylic acids is 3. The van der Waals surface area contributed by atoms with Gasteiger partial charge in [0.25, 0.3) is 0 Å². The number of ether oxygens (including phenoxy) is 1. The molecule has 1 aromatic rings. The standard InChI is InChI=1S/C14H19N5O4/c1-10(8-12(20)17-11-4-3-5-15-9-11)18-19-14(22)13(21)16-6-7-23-2/h3-5,9H,6-8H2,1-2H3,(H,16,21)(H,17,20)(H,19,22)/b18-10-. The lowest BCUT2D eigenvalue weighted by atomic mass is 10.3. The van der Waals surface area contributed by atoms with Crippen LogP contribution in [-0.2, 0) is 19.1 Å². The highest BCUT2D eigenvalue weighted by Gasteiger charge is 2.12. The van der Waals surface area contributed by atoms with Crippen LogP contribution in [0.5, 0.6) is 0 Å². The molecule has 0 unspecified atom stereocenters. The maximum atomic E-state index is 11.8. The zero-order chi connectivity index (χ0) is 17.1. The van der Waals surface area contributed by atoms with Crippen LogP contribution < -0.4 is 16.1 Å². The molecular formula is C14H19N5O4. The van der Waals surface area contributed by atoms with E-state index in [9.17, 15) is 14.4 Å². The molecule has 0 fully saturated rings. The van der Waals surface area contributed by atoms with Crippen molar-refractivity contribution < 1.29 is 19.1 Å². The van der Waals surface area contributed by atoms with Crippen LogP contribution in [-0.4, -0.2) is 48.7 Å². The lowest BCUT2D eigenvalue weighted by molar-refractivity contribution is -0.139. The quantitative estimate of drug-likeness (QED) is 0.275. The molecule has 0 radical (unpaired) electrons. The van der Waals surface area contributed by atoms with E-state index >= 15 is 0 Å². The van der Waals surface area contributed by atoms with E-state index in [1.807, 2.05) is 0 Å². The molecule has 0 aromatic carbocycles. The molecule has 1 rings (SSSR count). The number of anilines is 1. The number of rotatable bonds is 7. The maximum Gasteiger partial charge on any atom is 0.329 e. The van der Waals surface area contributed by atoms with Crippen LogP contribution in [0.4, 0.5) is 5.69 Å². The van der Waals surface area contributed by atoms with Crippen molar-refractivity contribution in [1.82, 2.24) is 15.7 Å². The fraction of sp³-hybridized carbons (Fsp3) is 0.357. The molecule has 0 saturated carbocycles. The van der Waals surface area contributed by atoms with Crippen LogP contribution >= 0.6 is 0 Å². The van der Waals surface area contributed by atoms with E-state index in [4.69, 9.17) is 4.74 Å². The van der Waals surface area contributed by atoms with Gasteiger partial charge in [-0.3, -0.25) is 19.4 Å². The first kappa shape index (κ1) is 18.2. The number of hydrogen-bond donors (Lipinski definition) is 3. The summed E-state index contributed by atoms with van der Waals surface area (Å²) in [5.41, 5.74) is 3.00. The molecular weight excluding hydrogens is 302 g/mol. The van der Waals surface area contributed by atoms with E-state index in [-0.39, 0.29) is 18.9 Å². The molecule has 3 amide bonds. The molecule has 0 aliphatic carbocycles. The minimum absolute atomic E-state index is 0.0273. The second kappa shape index (κ2) is 10.0. The highest BCUT2D eigenvalue weighted by molar-refractivity contribution is 6.35. The van der Waals surface area contributed by atoms with Crippen molar-refractivity contribution in [3.8, 4) is 0 Å². The number of methoxy groups -OCH3 is 1. The molecule has 9 nitrogen and oxygen atoms in total. The maximum absolute atomic E-state index is 11.8. The molecule has 9 heteroatoms. The highest BCUT2D eigenvalue weighted by atomic mass is 16.5. The van der Waals surface area contributed by atoms with Crippen molar-refractivity contribution in [1.29, 1.82) is 0 Å². The first-order valence-electron chi connectivity index (χ1n) is 6.83. The second-order valence-electron chi connectivity index (χ2n) is 4.50. The Morgan fingerprint density at radius 2 is 2.09 bits per heavy atom. The summed E-state index contributed by atoms with van der Waals surface area (Å²) in [4.78, 5) is 38.4. The number of aromatic nitrogens is 1. The molecule has 23 heavy (non-hydrogen) atoms. The van der Waals surface area contributed by atoms with Crippen LogP contribution in [0.2, 0.25) is 0 Å². The largest absolute Gasteiger partial charge is 0.383 e. The highest BCUT2D eigenvalue weighted by Crippen LogP contribution is 2.03. The summed E-state index contributed by atoms with van der Waals surface area (Å²) in [6, 6.07) is 3.39. The van der Waals surface area contributed by atoms with E-state index in [1.54, 1.807) is 25.3 Å². The second-order valence-corrected chi connectivity index (χ2v) is 4.50. The Balaban J connectivity index is 2.37. The summed E-state index contributed by atoms with van der Waals surface area (Å²) in [7, 11) is 1.48. The summed E-state index contributed by atoms with van der Waals surface area (Å²) < 4.78 is 4.74. The van der Waals surface area contributed by atoms with Crippen molar-refractivity contribution in [2.45, 2.75) is 13.3 Å². The molecule has 0 aliphatic rings. The SMILES string of the molecule is COCCNC(=O)C(=O)N/N=C(/C)CC(=O)Nc1cccnc1. The zero-order valence-corrected chi connectivity index (χ0v) is 13.0. The first-order chi connectivity index (χ1) is 11.0. The third-order valence-electron chi connectivity index (χ3n) is 2.51. The molecule has 0 atom stereocenters. The van der Waals surface area contributed by atoms with Gasteiger partial charge in [0, 0.05) is 25.6 Å². The molecule has 1 aromatic heterocycles. The van der Waals surface area contributed by atoms with Gasteiger partial charge in [0.1, 0.15) is 0 Å². The monoisotopic (exact) mass is 321 g/mol. The normalized spacial score (nSPS) is 10.8. The Labute approximate surface area is 133 Å². The average molecular weight is 321 g/mol. The Kier molecular flexibility index (Phi) is 7.94. The van der Waals surface area contributed by atoms with Crippen molar-refractivity contribution in [3.63, 3.8) is 0 Å². The van der Waals surface area contributed by atoms with Gasteiger partial charge in [-0.15, -0.1) is 0 Å². The van der Waals surface area contributed by atoms with Crippen molar-refractivity contribution in [2.75, 3.05) is 25.6 Å². The fourth-order valence-corrected chi connectivity index (χ4v) is 1.46. The summed E-state index contributed by atoms with van der Waals surface area (Å²) in [6.45, 7) is 2.08. The Morgan fingerprint density at radius 3 is 2.74 bits per heavy atom. The molecule has 124 valence electrons. The predicted molar refractivity (Wildman–Crippen MR) is 83.6 cm³/mol. The lowest BCUT2D eigenvalue weighted by Crippen LogP contribution is -2.39. The van der Waals surface area contributed by atoms with Gasteiger partial charge in [-0.25, -0.2) is 5.43 Å². The number of hydrogen-bond acceptors (Lipinski definition) is 6. The van der Waals surface area contributed by atoms with Crippen LogP contribution in [0, 0.1) is 0 Å². The predicted octanol–water partition coefficient (Wildman–Crippen LogP) is -0.335. The van der Waals surface area contributed by atoms with Crippen LogP contribution in [0.1, 0.15) is 13.3 Å². The molecule has 0 aliphatic heterocycles. The fourth-order valence-electron chi connectivity index (χ4n) is 1.46. The number of nitrogens with one attached hydrogen (secondary N) is 3. The number of carbonyl (C=O) groups is 3. The van der Waals surface area contributed by atoms with Crippen LogP contribution in [0.15, 0.2) is 29.6 Å². The number of nitrogens with zero attached hydrogens (tertiary/aromatic N) is 2. The third-order valence-corrected chi connectivity index (χ3v) is 2.51. The number of amides is 3. The summed E-state index contributed by atoms with van der Waals surface area (Å²) in [5, 5.41) is 8.68. The van der Waals surface area contributed by atoms with Gasteiger partial charge >= 0.3 is 11.8 Å². The Morgan fingerprint density at radius 1 is 1.30 bits per heavy atom. The molecule has 1 heterocycles. The summed E-state index contributed by atoms with van der Waals surface area (Å²) in [5.74, 6) is -2.04. The first-order valence-corrected chi connectivity index (χ1v) is 6.83. The molecule has 0 bridgehead atoms. The lowest BCUT2D eigenvalue weighted by Gasteiger charge is -2.05. The van der Waals surface area contributed by atoms with E-state index in [2.05, 4.69) is 26.1 Å². The third kappa shape index (κ3) is 7.67. The Hall–Kier alpha value is -2.81. The van der Waals surface area contributed by atoms with Gasteiger partial charge in [-0.2, -0.15) is 5.10 Å². The Bertz CT molecular complexity index is 574. The minimum Gasteiger partial charge on any atom is -0.383 e. The van der Waals surface area contributed by atoms with Crippen molar-refractivity contribution >= 4 is 29.1 Å². The molecule has 3 N–H and O–H groups in total. The minimum atomic E-state index is -0.909. The average Bonchev–Trinajstić information content (AvgIpc) is 2.53. The van der Waals surface area contributed by atoms with Crippen LogP contribution in [0.3, 0.4) is 0 Å². The molecule has 0 spiro atoms. The van der Waals surface area contributed by atoms with E-state index in [0.29, 0.717) is 18.0 Å². The van der Waals surface area contributed by atoms with Gasteiger partial charge in [0.15, 0.2) is 0 Å². The topological polar surface area (TPSA) is 122 Å². The summed E-state index contributed by atoms with van der Waals surface area (Å²) >= 11 is 0. The van der Waals surface area contributed by atoms with Crippen LogP contribution in [0.25, 0.3) is 0 Å². The zero-order valence-electron chi connectivity index (χ0n) is 13.0. The molecule has 0 saturated heterocycles. The van der Waals surface area contributed by atoms with Gasteiger partial charge in [0.2, 0.25) is 5.91 Å². The number of hydrazone groups is 1. The summed E-state index contributed by atoms with van der Waals surface area (Å²) in [6.07, 6.45) is 3.08. The van der Waals surface area contributed by atoms with E-state index in [0.717, 1.165) is 0 Å². The van der Waals surface area contributed by atoms with Gasteiger partial charge in [-0.05, 0) is 19.1 Å². The van der Waals surface area contributed by atoms with E-state index < -0.39 is 11.8 Å². The van der Waals surface area contributed by atoms with Crippen molar-refractivity contribution in [2.24, 2.45) is 5.10 Å². The van der Waals surface area contributed by atoms with Gasteiger partial charge < -0.3 is 15.4 Å². The van der Waals surface area contributed by atoms with E-state index in [1.165, 1.54) is 13.3 Å². The smallest absolute Gasteiger partial charge is 0.329 e. The number of pyridine rings is 1. The van der Waals surface area contributed by atoms with Gasteiger partial charge in [-0.1, -0.05) is 0 Å². The van der Waals surface area contributed by atoms with Crippen molar-refractivity contribution in [3.05, 3.63) is 24.5 Å².